The van der Waals surface area contributed by atoms with Gasteiger partial charge in [-0.2, -0.15) is 0 Å². The standard InChI is InChI=1S/C18H21N3O2S/c1-12-8-17(24-11-12)18(23)21-7-3-4-16(21)15-6-5-14(10-20-15)9-19-13(2)22/h5-6,8,10-11,16H,3-4,7,9H2,1-2H3,(H,19,22)/t16-/m0/s1. The Bertz CT molecular complexity index is 739. The lowest BCUT2D eigenvalue weighted by atomic mass is 10.1. The van der Waals surface area contributed by atoms with E-state index in [1.807, 2.05) is 35.4 Å². The minimum absolute atomic E-state index is 0.0368. The van der Waals surface area contributed by atoms with Gasteiger partial charge in [0.1, 0.15) is 0 Å². The summed E-state index contributed by atoms with van der Waals surface area (Å²) >= 11 is 1.50. The zero-order chi connectivity index (χ0) is 17.1. The molecule has 0 saturated carbocycles. The number of pyridine rings is 1. The topological polar surface area (TPSA) is 62.3 Å². The first-order valence-electron chi connectivity index (χ1n) is 8.10. The Balaban J connectivity index is 1.73. The van der Waals surface area contributed by atoms with E-state index in [1.54, 1.807) is 6.20 Å². The SMILES string of the molecule is CC(=O)NCc1ccc([C@@H]2CCCN2C(=O)c2cc(C)cs2)nc1. The Hall–Kier alpha value is -2.21. The fourth-order valence-corrected chi connectivity index (χ4v) is 3.82. The first-order valence-corrected chi connectivity index (χ1v) is 8.98. The van der Waals surface area contributed by atoms with Gasteiger partial charge in [0.05, 0.1) is 16.6 Å². The van der Waals surface area contributed by atoms with Gasteiger partial charge in [-0.15, -0.1) is 11.3 Å². The highest BCUT2D eigenvalue weighted by molar-refractivity contribution is 7.12. The maximum absolute atomic E-state index is 12.7. The van der Waals surface area contributed by atoms with Crippen molar-refractivity contribution >= 4 is 23.2 Å². The zero-order valence-electron chi connectivity index (χ0n) is 13.9. The van der Waals surface area contributed by atoms with Gasteiger partial charge in [-0.1, -0.05) is 6.07 Å². The summed E-state index contributed by atoms with van der Waals surface area (Å²) in [6.07, 6.45) is 3.71. The zero-order valence-corrected chi connectivity index (χ0v) is 14.7. The Morgan fingerprint density at radius 3 is 2.88 bits per heavy atom. The number of thiophene rings is 1. The fourth-order valence-electron chi connectivity index (χ4n) is 2.97. The molecule has 0 spiro atoms. The van der Waals surface area contributed by atoms with Crippen molar-refractivity contribution in [3.8, 4) is 0 Å². The van der Waals surface area contributed by atoms with Gasteiger partial charge in [0.15, 0.2) is 0 Å². The van der Waals surface area contributed by atoms with Crippen molar-refractivity contribution in [3.63, 3.8) is 0 Å². The largest absolute Gasteiger partial charge is 0.352 e. The lowest BCUT2D eigenvalue weighted by Gasteiger charge is -2.24. The normalized spacial score (nSPS) is 17.1. The van der Waals surface area contributed by atoms with Crippen molar-refractivity contribution in [3.05, 3.63) is 51.5 Å². The summed E-state index contributed by atoms with van der Waals surface area (Å²) in [5.41, 5.74) is 3.00. The number of nitrogens with one attached hydrogen (secondary N) is 1. The molecule has 1 atom stereocenters. The second-order valence-corrected chi connectivity index (χ2v) is 7.06. The number of rotatable bonds is 4. The molecule has 0 unspecified atom stereocenters. The molecular weight excluding hydrogens is 322 g/mol. The molecule has 0 radical (unpaired) electrons. The minimum Gasteiger partial charge on any atom is -0.352 e. The molecule has 1 aliphatic heterocycles. The summed E-state index contributed by atoms with van der Waals surface area (Å²) in [5, 5.41) is 4.77. The molecule has 2 amide bonds. The van der Waals surface area contributed by atoms with E-state index in [2.05, 4.69) is 10.3 Å². The van der Waals surface area contributed by atoms with Gasteiger partial charge in [-0.25, -0.2) is 0 Å². The maximum Gasteiger partial charge on any atom is 0.264 e. The number of aromatic nitrogens is 1. The van der Waals surface area contributed by atoms with Gasteiger partial charge >= 0.3 is 0 Å². The molecule has 1 saturated heterocycles. The molecule has 0 aromatic carbocycles. The molecule has 1 N–H and O–H groups in total. The summed E-state index contributed by atoms with van der Waals surface area (Å²) in [4.78, 5) is 31.0. The van der Waals surface area contributed by atoms with E-state index in [0.29, 0.717) is 6.54 Å². The van der Waals surface area contributed by atoms with Crippen LogP contribution in [0.5, 0.6) is 0 Å². The number of aryl methyl sites for hydroxylation is 1. The molecule has 3 heterocycles. The van der Waals surface area contributed by atoms with Gasteiger partial charge in [0, 0.05) is 26.2 Å². The van der Waals surface area contributed by atoms with Gasteiger partial charge in [0.2, 0.25) is 5.91 Å². The summed E-state index contributed by atoms with van der Waals surface area (Å²) in [5.74, 6) is 0.0394. The second kappa shape index (κ2) is 7.13. The van der Waals surface area contributed by atoms with E-state index in [-0.39, 0.29) is 17.9 Å². The quantitative estimate of drug-likeness (QED) is 0.928. The lowest BCUT2D eigenvalue weighted by molar-refractivity contribution is -0.119. The molecule has 2 aromatic rings. The molecule has 3 rings (SSSR count). The van der Waals surface area contributed by atoms with E-state index < -0.39 is 0 Å². The number of carbonyl (C=O) groups is 2. The summed E-state index contributed by atoms with van der Waals surface area (Å²) in [6, 6.07) is 5.92. The van der Waals surface area contributed by atoms with Gasteiger partial charge in [-0.05, 0) is 48.4 Å². The molecule has 0 aliphatic carbocycles. The highest BCUT2D eigenvalue weighted by Gasteiger charge is 2.31. The maximum atomic E-state index is 12.7. The Kier molecular flexibility index (Phi) is 4.94. The van der Waals surface area contributed by atoms with Crippen molar-refractivity contribution in [2.75, 3.05) is 6.54 Å². The first-order chi connectivity index (χ1) is 11.5. The minimum atomic E-state index is -0.0575. The predicted molar refractivity (Wildman–Crippen MR) is 93.8 cm³/mol. The summed E-state index contributed by atoms with van der Waals surface area (Å²) < 4.78 is 0. The molecular formula is C18H21N3O2S. The van der Waals surface area contributed by atoms with Crippen LogP contribution in [0.3, 0.4) is 0 Å². The third-order valence-electron chi connectivity index (χ3n) is 4.19. The number of hydrogen-bond acceptors (Lipinski definition) is 4. The highest BCUT2D eigenvalue weighted by atomic mass is 32.1. The third-order valence-corrected chi connectivity index (χ3v) is 5.22. The average molecular weight is 343 g/mol. The van der Waals surface area contributed by atoms with Crippen LogP contribution in [0.2, 0.25) is 0 Å². The Morgan fingerprint density at radius 1 is 1.42 bits per heavy atom. The Labute approximate surface area is 145 Å². The molecule has 1 fully saturated rings. The fraction of sp³-hybridized carbons (Fsp3) is 0.389. The average Bonchev–Trinajstić information content (AvgIpc) is 3.22. The van der Waals surface area contributed by atoms with E-state index in [1.165, 1.54) is 18.3 Å². The smallest absolute Gasteiger partial charge is 0.264 e. The van der Waals surface area contributed by atoms with Crippen molar-refractivity contribution in [2.45, 2.75) is 39.3 Å². The third kappa shape index (κ3) is 3.64. The van der Waals surface area contributed by atoms with Crippen molar-refractivity contribution in [1.82, 2.24) is 15.2 Å². The number of nitrogens with zero attached hydrogens (tertiary/aromatic N) is 2. The van der Waals surface area contributed by atoms with Crippen LogP contribution in [0, 0.1) is 6.92 Å². The van der Waals surface area contributed by atoms with Gasteiger partial charge in [-0.3, -0.25) is 14.6 Å². The van der Waals surface area contributed by atoms with E-state index in [4.69, 9.17) is 0 Å². The van der Waals surface area contributed by atoms with Crippen LogP contribution in [0.4, 0.5) is 0 Å². The van der Waals surface area contributed by atoms with Crippen molar-refractivity contribution in [2.24, 2.45) is 0 Å². The number of amides is 2. The molecule has 5 nitrogen and oxygen atoms in total. The van der Waals surface area contributed by atoms with E-state index in [0.717, 1.165) is 41.1 Å². The summed E-state index contributed by atoms with van der Waals surface area (Å²) in [6.45, 7) is 4.75. The van der Waals surface area contributed by atoms with Crippen LogP contribution in [-0.2, 0) is 11.3 Å². The first kappa shape index (κ1) is 16.6. The second-order valence-electron chi connectivity index (χ2n) is 6.15. The highest BCUT2D eigenvalue weighted by Crippen LogP contribution is 2.33. The number of likely N-dealkylation sites (tertiary alicyclic amines) is 1. The Morgan fingerprint density at radius 2 is 2.25 bits per heavy atom. The molecule has 24 heavy (non-hydrogen) atoms. The van der Waals surface area contributed by atoms with Crippen LogP contribution in [0.1, 0.15) is 52.3 Å². The number of carbonyl (C=O) groups excluding carboxylic acids is 2. The molecule has 126 valence electrons. The van der Waals surface area contributed by atoms with Crippen molar-refractivity contribution < 1.29 is 9.59 Å². The molecule has 2 aromatic heterocycles. The van der Waals surface area contributed by atoms with E-state index in [9.17, 15) is 9.59 Å². The monoisotopic (exact) mass is 343 g/mol. The molecule has 0 bridgehead atoms. The van der Waals surface area contributed by atoms with Crippen LogP contribution >= 0.6 is 11.3 Å². The van der Waals surface area contributed by atoms with Gasteiger partial charge in [0.25, 0.3) is 5.91 Å². The van der Waals surface area contributed by atoms with Gasteiger partial charge < -0.3 is 10.2 Å². The van der Waals surface area contributed by atoms with Crippen LogP contribution in [0.15, 0.2) is 29.8 Å². The predicted octanol–water partition coefficient (Wildman–Crippen LogP) is 3.06. The van der Waals surface area contributed by atoms with Crippen molar-refractivity contribution in [1.29, 1.82) is 0 Å². The van der Waals surface area contributed by atoms with Crippen LogP contribution < -0.4 is 5.32 Å². The molecule has 6 heteroatoms. The molecule has 1 aliphatic rings. The van der Waals surface area contributed by atoms with Crippen LogP contribution in [0.25, 0.3) is 0 Å². The summed E-state index contributed by atoms with van der Waals surface area (Å²) in [7, 11) is 0. The lowest BCUT2D eigenvalue weighted by Crippen LogP contribution is -2.30. The van der Waals surface area contributed by atoms with Crippen LogP contribution in [-0.4, -0.2) is 28.2 Å². The number of hydrogen-bond donors (Lipinski definition) is 1. The van der Waals surface area contributed by atoms with E-state index >= 15 is 0 Å².